The van der Waals surface area contributed by atoms with Crippen LogP contribution >= 0.6 is 11.8 Å². The Morgan fingerprint density at radius 2 is 1.52 bits per heavy atom. The first-order valence-electron chi connectivity index (χ1n) is 18.6. The molecule has 6 unspecified atom stereocenters. The van der Waals surface area contributed by atoms with Crippen molar-refractivity contribution in [3.63, 3.8) is 0 Å². The topological polar surface area (TPSA) is 298 Å². The quantitative estimate of drug-likeness (QED) is 0.0390. The number of carboxylic acids is 2. The number of carboxylic acid groups (broad SMARTS) is 2. The van der Waals surface area contributed by atoms with E-state index in [-0.39, 0.29) is 67.7 Å². The first kappa shape index (κ1) is 47.4. The van der Waals surface area contributed by atoms with E-state index < -0.39 is 97.7 Å². The largest absolute Gasteiger partial charge is 0.481 e. The Morgan fingerprint density at radius 3 is 2.11 bits per heavy atom. The Labute approximate surface area is 329 Å². The van der Waals surface area contributed by atoms with Crippen molar-refractivity contribution in [2.45, 2.75) is 121 Å². The van der Waals surface area contributed by atoms with Crippen molar-refractivity contribution in [3.05, 3.63) is 0 Å². The zero-order valence-electron chi connectivity index (χ0n) is 32.2. The average Bonchev–Trinajstić information content (AvgIpc) is 3.73. The van der Waals surface area contributed by atoms with Crippen LogP contribution in [0.5, 0.6) is 0 Å². The second kappa shape index (κ2) is 23.3. The molecule has 0 radical (unpaired) electrons. The third-order valence-electron chi connectivity index (χ3n) is 9.15. The van der Waals surface area contributed by atoms with Gasteiger partial charge >= 0.3 is 11.9 Å². The van der Waals surface area contributed by atoms with Gasteiger partial charge in [-0.1, -0.05) is 20.3 Å². The number of carbonyl (C=O) groups excluding carboxylic acids is 8. The van der Waals surface area contributed by atoms with Crippen LogP contribution in [0.2, 0.25) is 0 Å². The molecule has 2 rings (SSSR count). The van der Waals surface area contributed by atoms with Crippen molar-refractivity contribution < 1.29 is 63.3 Å². The summed E-state index contributed by atoms with van der Waals surface area (Å²) in [6.07, 6.45) is 1.96. The smallest absolute Gasteiger partial charge is 0.322 e. The fourth-order valence-corrected chi connectivity index (χ4v) is 6.88. The molecular formula is C35H55N7O13S. The van der Waals surface area contributed by atoms with Crippen LogP contribution in [0.4, 0.5) is 0 Å². The summed E-state index contributed by atoms with van der Waals surface area (Å²) in [5.41, 5.74) is 0. The molecular weight excluding hydrogens is 758 g/mol. The fraction of sp³-hybridized carbons (Fsp3) is 0.714. The number of nitrogens with zero attached hydrogens (tertiary/aromatic N) is 2. The number of likely N-dealkylation sites (tertiary alicyclic amines) is 2. The molecule has 0 spiro atoms. The molecule has 2 heterocycles. The maximum absolute atomic E-state index is 13.9. The lowest BCUT2D eigenvalue weighted by Crippen LogP contribution is -2.60. The third-order valence-corrected chi connectivity index (χ3v) is 10.1. The molecule has 2 aliphatic heterocycles. The van der Waals surface area contributed by atoms with Crippen LogP contribution in [0.3, 0.4) is 0 Å². The number of aliphatic hydroxyl groups is 1. The molecule has 2 saturated heterocycles. The average molecular weight is 814 g/mol. The molecule has 314 valence electrons. The number of imide groups is 1. The Hall–Kier alpha value is -4.79. The van der Waals surface area contributed by atoms with Gasteiger partial charge in [-0.05, 0) is 57.6 Å². The van der Waals surface area contributed by atoms with Crippen LogP contribution in [0.15, 0.2) is 0 Å². The molecule has 6 atom stereocenters. The standard InChI is InChI=1S/C35H55N7O13S/c1-19(2)15-22(38-25(44)10-6-5-7-13-42-27(46)16-24(56-4)35(42)55)34(54)41-14-8-9-23(41)32(52)39-21(11-12-28(47)48)31(51)40-30(20(3)43)33(53)37-17-26(45)36-18-29(49)50/h19-24,30,43H,5-18H2,1-4H3,(H,36,45)(H,37,53)(H,38,44)(H,39,52)(H,40,51)(H,47,48)(H,49,50). The van der Waals surface area contributed by atoms with Crippen LogP contribution in [-0.4, -0.2) is 152 Å². The number of aliphatic carboxylic acids is 2. The van der Waals surface area contributed by atoms with E-state index in [0.29, 0.717) is 25.7 Å². The van der Waals surface area contributed by atoms with Gasteiger partial charge in [0.05, 0.1) is 17.9 Å². The van der Waals surface area contributed by atoms with Crippen LogP contribution in [0, 0.1) is 5.92 Å². The van der Waals surface area contributed by atoms with Crippen molar-refractivity contribution in [2.24, 2.45) is 5.92 Å². The summed E-state index contributed by atoms with van der Waals surface area (Å²) in [5.74, 6) is -7.63. The molecule has 8 N–H and O–H groups in total. The van der Waals surface area contributed by atoms with Gasteiger partial charge in [0.2, 0.25) is 47.3 Å². The molecule has 0 aliphatic carbocycles. The summed E-state index contributed by atoms with van der Waals surface area (Å²) in [4.78, 5) is 127. The Balaban J connectivity index is 2.05. The van der Waals surface area contributed by atoms with Crippen LogP contribution in [0.1, 0.15) is 85.0 Å². The van der Waals surface area contributed by atoms with Gasteiger partial charge in [0, 0.05) is 32.4 Å². The van der Waals surface area contributed by atoms with Gasteiger partial charge in [-0.2, -0.15) is 11.8 Å². The van der Waals surface area contributed by atoms with Gasteiger partial charge in [0.25, 0.3) is 0 Å². The van der Waals surface area contributed by atoms with Crippen molar-refractivity contribution in [1.82, 2.24) is 36.4 Å². The fourth-order valence-electron chi connectivity index (χ4n) is 6.24. The highest BCUT2D eigenvalue weighted by molar-refractivity contribution is 8.00. The van der Waals surface area contributed by atoms with Crippen LogP contribution in [-0.2, 0) is 47.9 Å². The van der Waals surface area contributed by atoms with Gasteiger partial charge in [-0.15, -0.1) is 0 Å². The third kappa shape index (κ3) is 15.4. The normalized spacial score (nSPS) is 18.8. The monoisotopic (exact) mass is 813 g/mol. The van der Waals surface area contributed by atoms with Gasteiger partial charge in [0.15, 0.2) is 0 Å². The number of nitrogens with one attached hydrogen (secondary N) is 5. The molecule has 0 aromatic rings. The highest BCUT2D eigenvalue weighted by Gasteiger charge is 2.40. The van der Waals surface area contributed by atoms with Crippen LogP contribution in [0.25, 0.3) is 0 Å². The molecule has 21 heteroatoms. The summed E-state index contributed by atoms with van der Waals surface area (Å²) >= 11 is 1.34. The van der Waals surface area contributed by atoms with Crippen LogP contribution < -0.4 is 26.6 Å². The highest BCUT2D eigenvalue weighted by atomic mass is 32.2. The predicted molar refractivity (Wildman–Crippen MR) is 199 cm³/mol. The summed E-state index contributed by atoms with van der Waals surface area (Å²) < 4.78 is 0. The van der Waals surface area contributed by atoms with E-state index in [2.05, 4.69) is 21.3 Å². The molecule has 0 aromatic heterocycles. The van der Waals surface area contributed by atoms with E-state index in [9.17, 15) is 58.2 Å². The van der Waals surface area contributed by atoms with E-state index >= 15 is 0 Å². The zero-order valence-corrected chi connectivity index (χ0v) is 33.0. The Bertz CT molecular complexity index is 1480. The number of hydrogen-bond acceptors (Lipinski definition) is 12. The van der Waals surface area contributed by atoms with Crippen molar-refractivity contribution in [1.29, 1.82) is 0 Å². The predicted octanol–water partition coefficient (Wildman–Crippen LogP) is -1.91. The lowest BCUT2D eigenvalue weighted by molar-refractivity contribution is -0.143. The molecule has 8 amide bonds. The molecule has 0 bridgehead atoms. The van der Waals surface area contributed by atoms with Crippen molar-refractivity contribution in [2.75, 3.05) is 32.4 Å². The first-order chi connectivity index (χ1) is 26.4. The van der Waals surface area contributed by atoms with Gasteiger partial charge in [0.1, 0.15) is 30.7 Å². The van der Waals surface area contributed by atoms with E-state index in [1.54, 1.807) is 6.26 Å². The first-order valence-corrected chi connectivity index (χ1v) is 19.9. The minimum absolute atomic E-state index is 0.0259. The number of thioether (sulfide) groups is 1. The molecule has 2 fully saturated rings. The lowest BCUT2D eigenvalue weighted by Gasteiger charge is -2.31. The molecule has 20 nitrogen and oxygen atoms in total. The van der Waals surface area contributed by atoms with Gasteiger partial charge in [-0.3, -0.25) is 52.8 Å². The lowest BCUT2D eigenvalue weighted by atomic mass is 10.0. The molecule has 0 aromatic carbocycles. The summed E-state index contributed by atoms with van der Waals surface area (Å²) in [6.45, 7) is 3.95. The number of amides is 8. The van der Waals surface area contributed by atoms with Crippen molar-refractivity contribution >= 4 is 71.0 Å². The summed E-state index contributed by atoms with van der Waals surface area (Å²) in [6, 6.07) is -5.22. The second-order valence-electron chi connectivity index (χ2n) is 14.2. The number of aliphatic hydroxyl groups excluding tert-OH is 1. The van der Waals surface area contributed by atoms with E-state index in [1.807, 2.05) is 19.2 Å². The van der Waals surface area contributed by atoms with Gasteiger partial charge < -0.3 is 46.8 Å². The second-order valence-corrected chi connectivity index (χ2v) is 15.2. The van der Waals surface area contributed by atoms with E-state index in [4.69, 9.17) is 5.11 Å². The molecule has 0 saturated carbocycles. The molecule has 56 heavy (non-hydrogen) atoms. The Morgan fingerprint density at radius 1 is 0.821 bits per heavy atom. The van der Waals surface area contributed by atoms with Gasteiger partial charge in [-0.25, -0.2) is 0 Å². The highest BCUT2D eigenvalue weighted by Crippen LogP contribution is 2.24. The number of rotatable bonds is 24. The van der Waals surface area contributed by atoms with Crippen molar-refractivity contribution in [3.8, 4) is 0 Å². The SMILES string of the molecule is CSC1CC(=O)N(CCCCCC(=O)NC(CC(C)C)C(=O)N2CCCC2C(=O)NC(CCC(=O)O)C(=O)NC(C(=O)NCC(=O)NCC(=O)O)C(C)O)C1=O. The maximum Gasteiger partial charge on any atom is 0.322 e. The van der Waals surface area contributed by atoms with E-state index in [0.717, 1.165) is 6.92 Å². The zero-order chi connectivity index (χ0) is 42.1. The summed E-state index contributed by atoms with van der Waals surface area (Å²) in [5, 5.41) is 39.5. The maximum atomic E-state index is 13.9. The number of carbonyl (C=O) groups is 10. The van der Waals surface area contributed by atoms with E-state index in [1.165, 1.54) is 21.6 Å². The minimum Gasteiger partial charge on any atom is -0.481 e. The number of hydrogen-bond donors (Lipinski definition) is 8. The summed E-state index contributed by atoms with van der Waals surface area (Å²) in [7, 11) is 0. The minimum atomic E-state index is -1.66. The molecule has 2 aliphatic rings. The Kier molecular flexibility index (Phi) is 19.7. The number of unbranched alkanes of at least 4 members (excludes halogenated alkanes) is 2.